The van der Waals surface area contributed by atoms with Crippen molar-refractivity contribution in [2.45, 2.75) is 25.4 Å². The molecule has 2 heteroatoms. The van der Waals surface area contributed by atoms with Gasteiger partial charge >= 0.3 is 0 Å². The van der Waals surface area contributed by atoms with Crippen LogP contribution in [0.4, 0.5) is 0 Å². The average molecular weight is 111 g/mol. The third-order valence-electron chi connectivity index (χ3n) is 1.85. The predicted molar refractivity (Wildman–Crippen MR) is 29.0 cm³/mol. The van der Waals surface area contributed by atoms with Gasteiger partial charge in [-0.3, -0.25) is 0 Å². The molecule has 0 heterocycles. The Kier molecular flexibility index (Phi) is 1.02. The van der Waals surface area contributed by atoms with Crippen LogP contribution in [0.5, 0.6) is 0 Å². The van der Waals surface area contributed by atoms with Crippen LogP contribution in [0.3, 0.4) is 0 Å². The molecule has 0 aromatic carbocycles. The topological polar surface area (TPSA) is 44.0 Å². The normalized spacial score (nSPS) is 44.9. The van der Waals surface area contributed by atoms with Crippen LogP contribution in [0, 0.1) is 17.2 Å². The first kappa shape index (κ1) is 5.58. The molecule has 0 amide bonds. The van der Waals surface area contributed by atoms with E-state index in [1.807, 2.05) is 6.07 Å². The fraction of sp³-hybridized carbons (Fsp3) is 0.833. The standard InChI is InChI=1S/C6H9NO/c1-6(8)3-2-5(6)4-7/h5,8H,2-3H2,1H3. The molecular weight excluding hydrogens is 102 g/mol. The lowest BCUT2D eigenvalue weighted by Crippen LogP contribution is -2.43. The number of hydrogen-bond donors (Lipinski definition) is 1. The molecule has 44 valence electrons. The maximum Gasteiger partial charge on any atom is 0.0777 e. The molecule has 0 spiro atoms. The molecule has 0 aliphatic heterocycles. The summed E-state index contributed by atoms with van der Waals surface area (Å²) < 4.78 is 0. The summed E-state index contributed by atoms with van der Waals surface area (Å²) in [4.78, 5) is 0. The van der Waals surface area contributed by atoms with Crippen molar-refractivity contribution < 1.29 is 5.11 Å². The summed E-state index contributed by atoms with van der Waals surface area (Å²) in [6.07, 6.45) is 1.65. The van der Waals surface area contributed by atoms with Crippen LogP contribution in [-0.2, 0) is 0 Å². The number of rotatable bonds is 0. The van der Waals surface area contributed by atoms with Crippen molar-refractivity contribution in [3.8, 4) is 6.07 Å². The van der Waals surface area contributed by atoms with Crippen LogP contribution < -0.4 is 0 Å². The zero-order chi connectivity index (χ0) is 6.20. The smallest absolute Gasteiger partial charge is 0.0777 e. The third kappa shape index (κ3) is 0.597. The molecule has 1 rings (SSSR count). The van der Waals surface area contributed by atoms with E-state index in [1.54, 1.807) is 6.92 Å². The number of nitriles is 1. The van der Waals surface area contributed by atoms with E-state index in [0.717, 1.165) is 12.8 Å². The van der Waals surface area contributed by atoms with E-state index in [9.17, 15) is 0 Å². The minimum absolute atomic E-state index is 0.109. The van der Waals surface area contributed by atoms with E-state index in [-0.39, 0.29) is 5.92 Å². The van der Waals surface area contributed by atoms with Crippen molar-refractivity contribution >= 4 is 0 Å². The molecule has 0 aromatic heterocycles. The number of nitrogens with zero attached hydrogens (tertiary/aromatic N) is 1. The summed E-state index contributed by atoms with van der Waals surface area (Å²) in [5.41, 5.74) is -0.672. The van der Waals surface area contributed by atoms with Crippen LogP contribution in [-0.4, -0.2) is 10.7 Å². The van der Waals surface area contributed by atoms with Crippen molar-refractivity contribution in [1.29, 1.82) is 5.26 Å². The second-order valence-electron chi connectivity index (χ2n) is 2.58. The fourth-order valence-electron chi connectivity index (χ4n) is 0.910. The lowest BCUT2D eigenvalue weighted by atomic mass is 9.72. The largest absolute Gasteiger partial charge is 0.389 e. The van der Waals surface area contributed by atoms with Gasteiger partial charge in [-0.2, -0.15) is 5.26 Å². The first-order chi connectivity index (χ1) is 3.67. The van der Waals surface area contributed by atoms with Crippen LogP contribution in [0.25, 0.3) is 0 Å². The molecule has 0 radical (unpaired) electrons. The van der Waals surface area contributed by atoms with Crippen LogP contribution >= 0.6 is 0 Å². The monoisotopic (exact) mass is 111 g/mol. The lowest BCUT2D eigenvalue weighted by Gasteiger charge is -2.37. The molecule has 2 atom stereocenters. The third-order valence-corrected chi connectivity index (χ3v) is 1.85. The van der Waals surface area contributed by atoms with Crippen LogP contribution in [0.15, 0.2) is 0 Å². The Balaban J connectivity index is 2.53. The van der Waals surface area contributed by atoms with Gasteiger partial charge in [-0.15, -0.1) is 0 Å². The van der Waals surface area contributed by atoms with Gasteiger partial charge in [0.2, 0.25) is 0 Å². The number of hydrogen-bond acceptors (Lipinski definition) is 2. The summed E-state index contributed by atoms with van der Waals surface area (Å²) in [5.74, 6) is -0.109. The highest BCUT2D eigenvalue weighted by molar-refractivity contribution is 5.04. The summed E-state index contributed by atoms with van der Waals surface area (Å²) >= 11 is 0. The highest BCUT2D eigenvalue weighted by atomic mass is 16.3. The van der Waals surface area contributed by atoms with Crippen molar-refractivity contribution in [2.24, 2.45) is 5.92 Å². The van der Waals surface area contributed by atoms with E-state index < -0.39 is 5.60 Å². The van der Waals surface area contributed by atoms with Gasteiger partial charge in [0.25, 0.3) is 0 Å². The van der Waals surface area contributed by atoms with Gasteiger partial charge in [0.15, 0.2) is 0 Å². The molecule has 1 fully saturated rings. The van der Waals surface area contributed by atoms with E-state index in [0.29, 0.717) is 0 Å². The highest BCUT2D eigenvalue weighted by Gasteiger charge is 2.40. The average Bonchev–Trinajstić information content (AvgIpc) is 1.66. The SMILES string of the molecule is CC1(O)CCC1C#N. The Bertz CT molecular complexity index is 134. The Labute approximate surface area is 48.7 Å². The minimum Gasteiger partial charge on any atom is -0.389 e. The summed E-state index contributed by atoms with van der Waals surface area (Å²) in [7, 11) is 0. The van der Waals surface area contributed by atoms with E-state index in [2.05, 4.69) is 0 Å². The van der Waals surface area contributed by atoms with Gasteiger partial charge < -0.3 is 5.11 Å². The van der Waals surface area contributed by atoms with Gasteiger partial charge in [-0.25, -0.2) is 0 Å². The highest BCUT2D eigenvalue weighted by Crippen LogP contribution is 2.36. The molecule has 8 heavy (non-hydrogen) atoms. The van der Waals surface area contributed by atoms with E-state index in [4.69, 9.17) is 10.4 Å². The minimum atomic E-state index is -0.672. The summed E-state index contributed by atoms with van der Waals surface area (Å²) in [5, 5.41) is 17.5. The van der Waals surface area contributed by atoms with Gasteiger partial charge in [0, 0.05) is 0 Å². The van der Waals surface area contributed by atoms with E-state index in [1.165, 1.54) is 0 Å². The Morgan fingerprint density at radius 3 is 2.50 bits per heavy atom. The van der Waals surface area contributed by atoms with Crippen LogP contribution in [0.1, 0.15) is 19.8 Å². The molecule has 0 bridgehead atoms. The summed E-state index contributed by atoms with van der Waals surface area (Å²) in [6, 6.07) is 2.04. The first-order valence-electron chi connectivity index (χ1n) is 2.79. The first-order valence-corrected chi connectivity index (χ1v) is 2.79. The van der Waals surface area contributed by atoms with E-state index >= 15 is 0 Å². The number of aliphatic hydroxyl groups is 1. The maximum absolute atomic E-state index is 9.15. The molecule has 1 saturated carbocycles. The molecule has 0 saturated heterocycles. The molecule has 0 aromatic rings. The van der Waals surface area contributed by atoms with Crippen molar-refractivity contribution in [3.05, 3.63) is 0 Å². The van der Waals surface area contributed by atoms with Gasteiger partial charge in [-0.1, -0.05) is 0 Å². The zero-order valence-corrected chi connectivity index (χ0v) is 4.89. The fourth-order valence-corrected chi connectivity index (χ4v) is 0.910. The molecule has 1 N–H and O–H groups in total. The molecular formula is C6H9NO. The Hall–Kier alpha value is -0.550. The lowest BCUT2D eigenvalue weighted by molar-refractivity contribution is -0.0524. The molecule has 2 unspecified atom stereocenters. The van der Waals surface area contributed by atoms with Crippen molar-refractivity contribution in [3.63, 3.8) is 0 Å². The zero-order valence-electron chi connectivity index (χ0n) is 4.89. The van der Waals surface area contributed by atoms with Gasteiger partial charge in [-0.05, 0) is 19.8 Å². The van der Waals surface area contributed by atoms with Crippen molar-refractivity contribution in [2.75, 3.05) is 0 Å². The predicted octanol–water partition coefficient (Wildman–Crippen LogP) is 0.671. The second kappa shape index (κ2) is 1.46. The molecule has 1 aliphatic carbocycles. The van der Waals surface area contributed by atoms with Crippen molar-refractivity contribution in [1.82, 2.24) is 0 Å². The maximum atomic E-state index is 9.15. The summed E-state index contributed by atoms with van der Waals surface area (Å²) in [6.45, 7) is 1.71. The Morgan fingerprint density at radius 1 is 1.88 bits per heavy atom. The van der Waals surface area contributed by atoms with Crippen LogP contribution in [0.2, 0.25) is 0 Å². The van der Waals surface area contributed by atoms with Gasteiger partial charge in [0.05, 0.1) is 17.6 Å². The quantitative estimate of drug-likeness (QED) is 0.499. The molecule has 2 nitrogen and oxygen atoms in total. The Morgan fingerprint density at radius 2 is 2.50 bits per heavy atom. The second-order valence-corrected chi connectivity index (χ2v) is 2.58. The van der Waals surface area contributed by atoms with Gasteiger partial charge in [0.1, 0.15) is 0 Å². The molecule has 1 aliphatic rings.